The molecule has 4 rings (SSSR count). The second kappa shape index (κ2) is 9.07. The van der Waals surface area contributed by atoms with Crippen molar-refractivity contribution in [2.75, 3.05) is 17.7 Å². The van der Waals surface area contributed by atoms with Crippen LogP contribution in [0.1, 0.15) is 26.7 Å². The molecule has 1 aliphatic heterocycles. The lowest BCUT2D eigenvalue weighted by Gasteiger charge is -2.21. The first kappa shape index (κ1) is 21.9. The predicted octanol–water partition coefficient (Wildman–Crippen LogP) is 3.54. The van der Waals surface area contributed by atoms with E-state index in [0.717, 1.165) is 5.71 Å². The molecule has 0 bridgehead atoms. The molecule has 0 unspecified atom stereocenters. The summed E-state index contributed by atoms with van der Waals surface area (Å²) < 4.78 is 21.5. The van der Waals surface area contributed by atoms with E-state index < -0.39 is 11.7 Å². The zero-order valence-corrected chi connectivity index (χ0v) is 18.3. The molecule has 1 aliphatic rings. The zero-order valence-electron chi connectivity index (χ0n) is 18.3. The minimum Gasteiger partial charge on any atom is -0.438 e. The van der Waals surface area contributed by atoms with Gasteiger partial charge in [-0.05, 0) is 31.2 Å². The van der Waals surface area contributed by atoms with Gasteiger partial charge >= 0.3 is 0 Å². The quantitative estimate of drug-likeness (QED) is 0.593. The fourth-order valence-electron chi connectivity index (χ4n) is 3.15. The Morgan fingerprint density at radius 2 is 2.03 bits per heavy atom. The fourth-order valence-corrected chi connectivity index (χ4v) is 3.15. The number of benzene rings is 1. The maximum Gasteiger partial charge on any atom is 0.273 e. The van der Waals surface area contributed by atoms with Crippen LogP contribution in [0.25, 0.3) is 5.65 Å². The van der Waals surface area contributed by atoms with Crippen LogP contribution in [0.4, 0.5) is 15.9 Å². The highest BCUT2D eigenvalue weighted by Crippen LogP contribution is 2.26. The maximum atomic E-state index is 14.3. The van der Waals surface area contributed by atoms with Crippen molar-refractivity contribution in [3.05, 3.63) is 54.1 Å². The number of halogens is 1. The molecular weight excluding hydrogens is 429 g/mol. The van der Waals surface area contributed by atoms with Crippen LogP contribution in [0.5, 0.6) is 11.6 Å². The van der Waals surface area contributed by atoms with Gasteiger partial charge in [0.05, 0.1) is 11.9 Å². The molecule has 3 aromatic rings. The van der Waals surface area contributed by atoms with E-state index in [1.807, 2.05) is 6.92 Å². The summed E-state index contributed by atoms with van der Waals surface area (Å²) in [6, 6.07) is 7.26. The molecule has 0 atom stereocenters. The van der Waals surface area contributed by atoms with Crippen LogP contribution in [-0.2, 0) is 9.59 Å². The Morgan fingerprint density at radius 3 is 2.79 bits per heavy atom. The maximum absolute atomic E-state index is 14.3. The number of hydrogen-bond donors (Lipinski definition) is 2. The lowest BCUT2D eigenvalue weighted by Crippen LogP contribution is -2.28. The van der Waals surface area contributed by atoms with Crippen LogP contribution in [0, 0.1) is 5.82 Å². The summed E-state index contributed by atoms with van der Waals surface area (Å²) in [4.78, 5) is 28.4. The number of aromatic nitrogens is 3. The van der Waals surface area contributed by atoms with Crippen molar-refractivity contribution in [3.8, 4) is 11.6 Å². The molecule has 170 valence electrons. The highest BCUT2D eigenvalue weighted by Gasteiger charge is 2.19. The van der Waals surface area contributed by atoms with E-state index in [1.165, 1.54) is 27.7 Å². The summed E-state index contributed by atoms with van der Waals surface area (Å²) in [5.74, 6) is -0.379. The molecule has 2 aromatic heterocycles. The van der Waals surface area contributed by atoms with Crippen LogP contribution in [0.2, 0.25) is 0 Å². The monoisotopic (exact) mass is 451 g/mol. The van der Waals surface area contributed by atoms with Crippen molar-refractivity contribution in [2.24, 2.45) is 5.10 Å². The first-order chi connectivity index (χ1) is 15.8. The van der Waals surface area contributed by atoms with Gasteiger partial charge in [0.15, 0.2) is 11.5 Å². The van der Waals surface area contributed by atoms with E-state index in [9.17, 15) is 14.0 Å². The van der Waals surface area contributed by atoms with Gasteiger partial charge in [-0.3, -0.25) is 14.6 Å². The average Bonchev–Trinajstić information content (AvgIpc) is 3.17. The third-order valence-corrected chi connectivity index (χ3v) is 4.79. The Hall–Kier alpha value is -4.28. The third kappa shape index (κ3) is 4.97. The van der Waals surface area contributed by atoms with Crippen molar-refractivity contribution in [3.63, 3.8) is 0 Å². The van der Waals surface area contributed by atoms with Crippen molar-refractivity contribution in [1.82, 2.24) is 19.6 Å². The van der Waals surface area contributed by atoms with Crippen LogP contribution < -0.4 is 15.4 Å². The van der Waals surface area contributed by atoms with Crippen molar-refractivity contribution in [2.45, 2.75) is 26.7 Å². The lowest BCUT2D eigenvalue weighted by atomic mass is 10.2. The highest BCUT2D eigenvalue weighted by atomic mass is 19.1. The Balaban J connectivity index is 1.50. The third-order valence-electron chi connectivity index (χ3n) is 4.79. The van der Waals surface area contributed by atoms with Gasteiger partial charge in [0.2, 0.25) is 11.8 Å². The number of ether oxygens (including phenoxy) is 1. The van der Waals surface area contributed by atoms with Crippen LogP contribution in [-0.4, -0.2) is 44.2 Å². The second-order valence-electron chi connectivity index (χ2n) is 7.35. The summed E-state index contributed by atoms with van der Waals surface area (Å²) in [5, 5.41) is 15.2. The van der Waals surface area contributed by atoms with E-state index >= 15 is 0 Å². The molecule has 2 N–H and O–H groups in total. The van der Waals surface area contributed by atoms with Crippen molar-refractivity contribution in [1.29, 1.82) is 0 Å². The molecular formula is C22H22FN7O3. The van der Waals surface area contributed by atoms with Gasteiger partial charge in [0.25, 0.3) is 5.91 Å². The molecule has 11 heteroatoms. The van der Waals surface area contributed by atoms with Gasteiger partial charge in [-0.25, -0.2) is 13.9 Å². The molecule has 0 saturated heterocycles. The average molecular weight is 451 g/mol. The number of hydrogen-bond acceptors (Lipinski definition) is 7. The number of carbonyl (C=O) groups is 2. The SMILES string of the molecule is CCC(=O)Nc1cn2nc(Oc3ccc(F)c(NC(=O)C4=CCC(C)=NN4C)c3)ccc2n1. The number of anilines is 2. The Morgan fingerprint density at radius 1 is 1.21 bits per heavy atom. The van der Waals surface area contributed by atoms with Crippen LogP contribution >= 0.6 is 0 Å². The van der Waals surface area contributed by atoms with E-state index in [1.54, 1.807) is 38.4 Å². The van der Waals surface area contributed by atoms with E-state index in [-0.39, 0.29) is 23.2 Å². The zero-order chi connectivity index (χ0) is 23.5. The van der Waals surface area contributed by atoms with E-state index in [0.29, 0.717) is 30.0 Å². The Kier molecular flexibility index (Phi) is 6.03. The Labute approximate surface area is 188 Å². The van der Waals surface area contributed by atoms with Gasteiger partial charge in [0, 0.05) is 37.7 Å². The summed E-state index contributed by atoms with van der Waals surface area (Å²) in [5.41, 5.74) is 1.68. The number of amides is 2. The first-order valence-electron chi connectivity index (χ1n) is 10.3. The van der Waals surface area contributed by atoms with Gasteiger partial charge in [0.1, 0.15) is 17.3 Å². The fraction of sp³-hybridized carbons (Fsp3) is 0.227. The van der Waals surface area contributed by atoms with Crippen molar-refractivity contribution < 1.29 is 18.7 Å². The number of rotatable bonds is 6. The molecule has 0 spiro atoms. The summed E-state index contributed by atoms with van der Waals surface area (Å²) in [7, 11) is 1.65. The molecule has 0 fully saturated rings. The largest absolute Gasteiger partial charge is 0.438 e. The number of allylic oxidation sites excluding steroid dienone is 1. The molecule has 33 heavy (non-hydrogen) atoms. The van der Waals surface area contributed by atoms with Gasteiger partial charge in [-0.1, -0.05) is 6.92 Å². The minimum absolute atomic E-state index is 0.0358. The van der Waals surface area contributed by atoms with Crippen LogP contribution in [0.15, 0.2) is 53.4 Å². The minimum atomic E-state index is -0.608. The highest BCUT2D eigenvalue weighted by molar-refractivity contribution is 6.04. The smallest absolute Gasteiger partial charge is 0.273 e. The van der Waals surface area contributed by atoms with Crippen molar-refractivity contribution >= 4 is 34.7 Å². The summed E-state index contributed by atoms with van der Waals surface area (Å²) >= 11 is 0. The molecule has 1 aromatic carbocycles. The summed E-state index contributed by atoms with van der Waals surface area (Å²) in [6.45, 7) is 3.60. The van der Waals surface area contributed by atoms with E-state index in [4.69, 9.17) is 4.74 Å². The predicted molar refractivity (Wildman–Crippen MR) is 121 cm³/mol. The number of likely N-dealkylation sites (N-methyl/N-ethyl adjacent to an activating group) is 1. The number of carbonyl (C=O) groups excluding carboxylic acids is 2. The topological polar surface area (TPSA) is 113 Å². The molecule has 0 radical (unpaired) electrons. The molecule has 10 nitrogen and oxygen atoms in total. The first-order valence-corrected chi connectivity index (χ1v) is 10.3. The number of fused-ring (bicyclic) bond motifs is 1. The standard InChI is InChI=1S/C22H22FN7O3/c1-4-20(31)26-18-12-30-19(25-18)9-10-21(28-30)33-14-6-7-15(23)16(11-14)24-22(32)17-8-5-13(2)27-29(17)3/h6-12H,4-5H2,1-3H3,(H,24,32)(H,26,31). The lowest BCUT2D eigenvalue weighted by molar-refractivity contribution is -0.116. The Bertz CT molecular complexity index is 1300. The van der Waals surface area contributed by atoms with Crippen LogP contribution in [0.3, 0.4) is 0 Å². The summed E-state index contributed by atoms with van der Waals surface area (Å²) in [6.07, 6.45) is 4.17. The molecule has 2 amide bonds. The normalized spacial score (nSPS) is 13.4. The number of nitrogens with zero attached hydrogens (tertiary/aromatic N) is 5. The molecule has 0 aliphatic carbocycles. The number of imidazole rings is 1. The number of hydrazone groups is 1. The molecule has 0 saturated carbocycles. The second-order valence-corrected chi connectivity index (χ2v) is 7.35. The van der Waals surface area contributed by atoms with Gasteiger partial charge in [-0.2, -0.15) is 5.10 Å². The molecule has 3 heterocycles. The number of nitrogens with one attached hydrogen (secondary N) is 2. The van der Waals surface area contributed by atoms with E-state index in [2.05, 4.69) is 25.8 Å². The van der Waals surface area contributed by atoms with Gasteiger partial charge in [-0.15, -0.1) is 5.10 Å². The van der Waals surface area contributed by atoms with Gasteiger partial charge < -0.3 is 15.4 Å².